The Morgan fingerprint density at radius 2 is 1.83 bits per heavy atom. The number of hydrogen-bond acceptors (Lipinski definition) is 4. The Kier molecular flexibility index (Phi) is 6.01. The molecule has 8 heteroatoms. The molecule has 5 rings (SSSR count). The molecule has 1 N–H and O–H groups in total. The highest BCUT2D eigenvalue weighted by Crippen LogP contribution is 2.35. The number of carbonyl (C=O) groups excluding carboxylic acids is 2. The van der Waals surface area contributed by atoms with Crippen LogP contribution in [0, 0.1) is 12.7 Å². The zero-order chi connectivity index (χ0) is 24.5. The number of para-hydroxylation sites is 1. The van der Waals surface area contributed by atoms with E-state index in [1.807, 2.05) is 37.4 Å². The van der Waals surface area contributed by atoms with Gasteiger partial charge >= 0.3 is 0 Å². The van der Waals surface area contributed by atoms with E-state index in [0.29, 0.717) is 30.0 Å². The number of nitrogens with zero attached hydrogens (tertiary/aromatic N) is 3. The molecule has 1 aliphatic rings. The maximum atomic E-state index is 13.5. The van der Waals surface area contributed by atoms with Crippen molar-refractivity contribution in [3.8, 4) is 11.3 Å². The van der Waals surface area contributed by atoms with Crippen molar-refractivity contribution in [2.45, 2.75) is 13.3 Å². The summed E-state index contributed by atoms with van der Waals surface area (Å²) in [7, 11) is 0. The minimum Gasteiger partial charge on any atom is -0.322 e. The number of amides is 2. The maximum Gasteiger partial charge on any atom is 0.258 e. The van der Waals surface area contributed by atoms with Gasteiger partial charge in [-0.1, -0.05) is 29.8 Å². The fraction of sp³-hybridized carbons (Fsp3) is 0.111. The first-order valence-corrected chi connectivity index (χ1v) is 11.4. The average Bonchev–Trinajstić information content (AvgIpc) is 3.02. The van der Waals surface area contributed by atoms with Crippen molar-refractivity contribution in [2.75, 3.05) is 16.8 Å². The summed E-state index contributed by atoms with van der Waals surface area (Å²) in [6.07, 6.45) is 2.45. The van der Waals surface area contributed by atoms with Crippen LogP contribution in [-0.2, 0) is 6.42 Å². The molecular formula is C27H20ClFN4O2. The first-order chi connectivity index (χ1) is 16.9. The second-order valence-corrected chi connectivity index (χ2v) is 8.58. The predicted molar refractivity (Wildman–Crippen MR) is 133 cm³/mol. The van der Waals surface area contributed by atoms with E-state index < -0.39 is 11.7 Å². The number of benzene rings is 3. The summed E-state index contributed by atoms with van der Waals surface area (Å²) in [6.45, 7) is 2.32. The molecule has 0 spiro atoms. The van der Waals surface area contributed by atoms with Crippen LogP contribution in [0.2, 0.25) is 5.02 Å². The van der Waals surface area contributed by atoms with Crippen molar-refractivity contribution in [1.29, 1.82) is 0 Å². The summed E-state index contributed by atoms with van der Waals surface area (Å²) in [6, 6.07) is 17.9. The minimum absolute atomic E-state index is 0.0332. The van der Waals surface area contributed by atoms with Crippen LogP contribution < -0.4 is 10.2 Å². The molecule has 0 saturated carbocycles. The van der Waals surface area contributed by atoms with Gasteiger partial charge < -0.3 is 10.2 Å². The lowest BCUT2D eigenvalue weighted by Crippen LogP contribution is -2.32. The van der Waals surface area contributed by atoms with Gasteiger partial charge in [-0.25, -0.2) is 14.4 Å². The molecule has 0 bridgehead atoms. The summed E-state index contributed by atoms with van der Waals surface area (Å²) in [5, 5.41) is 2.83. The van der Waals surface area contributed by atoms with Gasteiger partial charge in [0, 0.05) is 29.6 Å². The zero-order valence-electron chi connectivity index (χ0n) is 18.8. The van der Waals surface area contributed by atoms with Crippen molar-refractivity contribution < 1.29 is 14.0 Å². The Morgan fingerprint density at radius 1 is 1.06 bits per heavy atom. The maximum absolute atomic E-state index is 13.5. The third-order valence-electron chi connectivity index (χ3n) is 5.85. The van der Waals surface area contributed by atoms with E-state index >= 15 is 0 Å². The van der Waals surface area contributed by atoms with Gasteiger partial charge in [-0.05, 0) is 67.4 Å². The fourth-order valence-corrected chi connectivity index (χ4v) is 4.31. The molecule has 35 heavy (non-hydrogen) atoms. The van der Waals surface area contributed by atoms with Crippen LogP contribution in [0.5, 0.6) is 0 Å². The number of anilines is 2. The Bertz CT molecular complexity index is 1460. The van der Waals surface area contributed by atoms with Crippen LogP contribution in [0.25, 0.3) is 11.3 Å². The monoisotopic (exact) mass is 486 g/mol. The first-order valence-electron chi connectivity index (χ1n) is 11.0. The number of aromatic nitrogens is 2. The van der Waals surface area contributed by atoms with Crippen LogP contribution in [0.15, 0.2) is 72.9 Å². The molecule has 3 aromatic carbocycles. The Balaban J connectivity index is 1.39. The Labute approximate surface area is 206 Å². The molecular weight excluding hydrogens is 467 g/mol. The zero-order valence-corrected chi connectivity index (χ0v) is 19.5. The SMILES string of the molecule is Cc1ncc2c(n1)-c1ccccc1N(C(=O)c1ccc(NC(=O)c3cc(F)ccc3Cl)cc1)CC2. The van der Waals surface area contributed by atoms with E-state index in [9.17, 15) is 14.0 Å². The molecule has 1 aliphatic heterocycles. The second kappa shape index (κ2) is 9.27. The number of hydrogen-bond donors (Lipinski definition) is 1. The number of fused-ring (bicyclic) bond motifs is 3. The molecule has 6 nitrogen and oxygen atoms in total. The lowest BCUT2D eigenvalue weighted by molar-refractivity contribution is 0.0986. The quantitative estimate of drug-likeness (QED) is 0.403. The lowest BCUT2D eigenvalue weighted by atomic mass is 10.0. The molecule has 0 aliphatic carbocycles. The van der Waals surface area contributed by atoms with Crippen molar-refractivity contribution in [3.05, 3.63) is 106 Å². The fourth-order valence-electron chi connectivity index (χ4n) is 4.11. The summed E-state index contributed by atoms with van der Waals surface area (Å²) in [5.41, 5.74) is 4.47. The van der Waals surface area contributed by atoms with Crippen LogP contribution in [0.3, 0.4) is 0 Å². The van der Waals surface area contributed by atoms with E-state index in [0.717, 1.165) is 28.6 Å². The van der Waals surface area contributed by atoms with E-state index in [1.54, 1.807) is 29.2 Å². The minimum atomic E-state index is -0.554. The lowest BCUT2D eigenvalue weighted by Gasteiger charge is -2.23. The Morgan fingerprint density at radius 3 is 2.63 bits per heavy atom. The van der Waals surface area contributed by atoms with Gasteiger partial charge in [-0.2, -0.15) is 0 Å². The standard InChI is InChI=1S/C27H20ClFN4O2/c1-16-30-15-18-12-13-33(24-5-3-2-4-21(24)25(18)31-16)27(35)17-6-9-20(10-7-17)32-26(34)22-14-19(29)8-11-23(22)28/h2-11,14-15H,12-13H2,1H3,(H,32,34). The number of carbonyl (C=O) groups is 2. The van der Waals surface area contributed by atoms with E-state index in [4.69, 9.17) is 11.6 Å². The van der Waals surface area contributed by atoms with E-state index in [2.05, 4.69) is 15.3 Å². The van der Waals surface area contributed by atoms with E-state index in [1.165, 1.54) is 12.1 Å². The topological polar surface area (TPSA) is 75.2 Å². The van der Waals surface area contributed by atoms with Gasteiger partial charge in [0.1, 0.15) is 11.6 Å². The molecule has 4 aromatic rings. The van der Waals surface area contributed by atoms with Gasteiger partial charge in [-0.3, -0.25) is 9.59 Å². The van der Waals surface area contributed by atoms with Crippen molar-refractivity contribution in [3.63, 3.8) is 0 Å². The van der Waals surface area contributed by atoms with Gasteiger partial charge in [0.25, 0.3) is 11.8 Å². The van der Waals surface area contributed by atoms with Crippen LogP contribution in [-0.4, -0.2) is 28.3 Å². The Hall–Kier alpha value is -4.10. The third kappa shape index (κ3) is 4.50. The normalized spacial score (nSPS) is 12.4. The van der Waals surface area contributed by atoms with Gasteiger partial charge in [-0.15, -0.1) is 0 Å². The number of rotatable bonds is 3. The van der Waals surface area contributed by atoms with Crippen molar-refractivity contribution in [2.24, 2.45) is 0 Å². The van der Waals surface area contributed by atoms with Gasteiger partial charge in [0.05, 0.1) is 22.0 Å². The molecule has 0 saturated heterocycles. The molecule has 174 valence electrons. The molecule has 0 fully saturated rings. The molecule has 2 heterocycles. The third-order valence-corrected chi connectivity index (χ3v) is 6.18. The highest BCUT2D eigenvalue weighted by atomic mass is 35.5. The van der Waals surface area contributed by atoms with Crippen molar-refractivity contribution >= 4 is 34.8 Å². The van der Waals surface area contributed by atoms with Crippen LogP contribution in [0.4, 0.5) is 15.8 Å². The molecule has 0 radical (unpaired) electrons. The highest BCUT2D eigenvalue weighted by molar-refractivity contribution is 6.34. The van der Waals surface area contributed by atoms with Crippen LogP contribution >= 0.6 is 11.6 Å². The predicted octanol–water partition coefficient (Wildman–Crippen LogP) is 5.70. The molecule has 0 atom stereocenters. The van der Waals surface area contributed by atoms with Crippen molar-refractivity contribution in [1.82, 2.24) is 9.97 Å². The number of nitrogens with one attached hydrogen (secondary N) is 1. The highest BCUT2D eigenvalue weighted by Gasteiger charge is 2.26. The second-order valence-electron chi connectivity index (χ2n) is 8.17. The van der Waals surface area contributed by atoms with E-state index in [-0.39, 0.29) is 16.5 Å². The summed E-state index contributed by atoms with van der Waals surface area (Å²) in [4.78, 5) is 36.7. The summed E-state index contributed by atoms with van der Waals surface area (Å²) < 4.78 is 13.5. The number of halogens is 2. The number of aryl methyl sites for hydroxylation is 1. The average molecular weight is 487 g/mol. The molecule has 2 amide bonds. The molecule has 1 aromatic heterocycles. The van der Waals surface area contributed by atoms with Gasteiger partial charge in [0.15, 0.2) is 0 Å². The summed E-state index contributed by atoms with van der Waals surface area (Å²) >= 11 is 6.02. The smallest absolute Gasteiger partial charge is 0.258 e. The summed E-state index contributed by atoms with van der Waals surface area (Å²) in [5.74, 6) is -0.581. The largest absolute Gasteiger partial charge is 0.322 e. The van der Waals surface area contributed by atoms with Crippen LogP contribution in [0.1, 0.15) is 32.1 Å². The van der Waals surface area contributed by atoms with Gasteiger partial charge in [0.2, 0.25) is 0 Å². The molecule has 0 unspecified atom stereocenters. The first kappa shape index (κ1) is 22.7.